The molecule has 0 saturated carbocycles. The molecule has 0 atom stereocenters. The minimum Gasteiger partial charge on any atom is -0.493 e. The minimum absolute atomic E-state index is 0.0615. The van der Waals surface area contributed by atoms with Crippen molar-refractivity contribution in [1.82, 2.24) is 0 Å². The molecule has 0 aliphatic rings. The Kier molecular flexibility index (Phi) is 6.74. The van der Waals surface area contributed by atoms with Crippen LogP contribution in [-0.2, 0) is 4.79 Å². The van der Waals surface area contributed by atoms with Crippen LogP contribution in [0.25, 0.3) is 6.08 Å². The van der Waals surface area contributed by atoms with E-state index in [1.165, 1.54) is 25.3 Å². The van der Waals surface area contributed by atoms with E-state index in [-0.39, 0.29) is 17.4 Å². The lowest BCUT2D eigenvalue weighted by molar-refractivity contribution is -0.111. The molecule has 0 aromatic heterocycles. The molecular weight excluding hydrogens is 443 g/mol. The number of amides is 1. The number of hydrogen-bond acceptors (Lipinski definition) is 3. The highest BCUT2D eigenvalue weighted by atomic mass is 127. The number of rotatable bonds is 6. The number of benzene rings is 2. The second kappa shape index (κ2) is 8.80. The van der Waals surface area contributed by atoms with Crippen LogP contribution in [0.4, 0.5) is 14.5 Å². The van der Waals surface area contributed by atoms with Crippen molar-refractivity contribution < 1.29 is 23.0 Å². The summed E-state index contributed by atoms with van der Waals surface area (Å²) in [6.45, 7) is -1.02. The lowest BCUT2D eigenvalue weighted by Crippen LogP contribution is -2.09. The SMILES string of the molecule is COc1cc(/C=C/C(=O)Nc2ccc(I)cc2C)ccc1OC(F)F. The van der Waals surface area contributed by atoms with Gasteiger partial charge in [0.25, 0.3) is 0 Å². The first-order valence-electron chi connectivity index (χ1n) is 7.27. The molecule has 0 heterocycles. The Morgan fingerprint density at radius 3 is 2.60 bits per heavy atom. The first-order chi connectivity index (χ1) is 11.9. The van der Waals surface area contributed by atoms with Crippen LogP contribution in [0.5, 0.6) is 11.5 Å². The van der Waals surface area contributed by atoms with Gasteiger partial charge in [0.1, 0.15) is 0 Å². The summed E-state index contributed by atoms with van der Waals surface area (Å²) in [5.74, 6) is -0.193. The topological polar surface area (TPSA) is 47.6 Å². The van der Waals surface area contributed by atoms with Crippen LogP contribution in [0.1, 0.15) is 11.1 Å². The third-order valence-corrected chi connectivity index (χ3v) is 3.95. The molecule has 132 valence electrons. The van der Waals surface area contributed by atoms with Crippen LogP contribution in [-0.4, -0.2) is 19.6 Å². The molecule has 1 amide bonds. The number of anilines is 1. The average molecular weight is 459 g/mol. The zero-order valence-corrected chi connectivity index (χ0v) is 15.7. The number of aryl methyl sites for hydroxylation is 1. The van der Waals surface area contributed by atoms with Crippen LogP contribution in [0.3, 0.4) is 0 Å². The number of methoxy groups -OCH3 is 1. The number of alkyl halides is 2. The van der Waals surface area contributed by atoms with Crippen LogP contribution < -0.4 is 14.8 Å². The van der Waals surface area contributed by atoms with Crippen molar-refractivity contribution >= 4 is 40.3 Å². The largest absolute Gasteiger partial charge is 0.493 e. The van der Waals surface area contributed by atoms with Crippen molar-refractivity contribution in [2.75, 3.05) is 12.4 Å². The van der Waals surface area contributed by atoms with E-state index >= 15 is 0 Å². The van der Waals surface area contributed by atoms with E-state index in [1.807, 2.05) is 25.1 Å². The molecule has 4 nitrogen and oxygen atoms in total. The van der Waals surface area contributed by atoms with Crippen molar-refractivity contribution in [2.24, 2.45) is 0 Å². The van der Waals surface area contributed by atoms with E-state index in [2.05, 4.69) is 32.6 Å². The number of halogens is 3. The highest BCUT2D eigenvalue weighted by molar-refractivity contribution is 14.1. The Labute approximate surface area is 158 Å². The van der Waals surface area contributed by atoms with Crippen molar-refractivity contribution in [1.29, 1.82) is 0 Å². The van der Waals surface area contributed by atoms with E-state index < -0.39 is 6.61 Å². The van der Waals surface area contributed by atoms with Gasteiger partial charge in [-0.25, -0.2) is 0 Å². The summed E-state index contributed by atoms with van der Waals surface area (Å²) < 4.78 is 35.1. The van der Waals surface area contributed by atoms with E-state index in [0.717, 1.165) is 14.8 Å². The maximum absolute atomic E-state index is 12.3. The van der Waals surface area contributed by atoms with Gasteiger partial charge in [-0.05, 0) is 77.0 Å². The molecule has 0 bridgehead atoms. The van der Waals surface area contributed by atoms with Crippen molar-refractivity contribution in [3.8, 4) is 11.5 Å². The smallest absolute Gasteiger partial charge is 0.387 e. The number of carbonyl (C=O) groups is 1. The molecule has 1 N–H and O–H groups in total. The molecule has 2 rings (SSSR count). The Bertz CT molecular complexity index is 794. The van der Waals surface area contributed by atoms with E-state index in [1.54, 1.807) is 12.1 Å². The molecule has 0 aliphatic carbocycles. The number of nitrogens with one attached hydrogen (secondary N) is 1. The van der Waals surface area contributed by atoms with Crippen LogP contribution in [0.2, 0.25) is 0 Å². The molecule has 0 spiro atoms. The minimum atomic E-state index is -2.93. The maximum Gasteiger partial charge on any atom is 0.387 e. The quantitative estimate of drug-likeness (QED) is 0.496. The fourth-order valence-corrected chi connectivity index (χ4v) is 2.74. The van der Waals surface area contributed by atoms with Gasteiger partial charge < -0.3 is 14.8 Å². The van der Waals surface area contributed by atoms with Gasteiger partial charge in [-0.3, -0.25) is 4.79 Å². The Balaban J connectivity index is 2.08. The first kappa shape index (κ1) is 19.2. The molecule has 2 aromatic rings. The van der Waals surface area contributed by atoms with Gasteiger partial charge in [0.15, 0.2) is 11.5 Å². The summed E-state index contributed by atoms with van der Waals surface area (Å²) in [7, 11) is 1.35. The van der Waals surface area contributed by atoms with E-state index in [0.29, 0.717) is 5.56 Å². The summed E-state index contributed by atoms with van der Waals surface area (Å²) in [6, 6.07) is 10.1. The molecule has 0 fully saturated rings. The van der Waals surface area contributed by atoms with Crippen LogP contribution in [0.15, 0.2) is 42.5 Å². The average Bonchev–Trinajstić information content (AvgIpc) is 2.56. The van der Waals surface area contributed by atoms with Gasteiger partial charge in [-0.15, -0.1) is 0 Å². The molecule has 0 aliphatic heterocycles. The molecule has 0 saturated heterocycles. The molecule has 25 heavy (non-hydrogen) atoms. The molecule has 7 heteroatoms. The van der Waals surface area contributed by atoms with Crippen LogP contribution >= 0.6 is 22.6 Å². The normalized spacial score (nSPS) is 11.0. The Morgan fingerprint density at radius 2 is 1.96 bits per heavy atom. The lowest BCUT2D eigenvalue weighted by atomic mass is 10.1. The number of ether oxygens (including phenoxy) is 2. The predicted molar refractivity (Wildman–Crippen MR) is 101 cm³/mol. The fourth-order valence-electron chi connectivity index (χ4n) is 2.09. The number of carbonyl (C=O) groups excluding carboxylic acids is 1. The Hall–Kier alpha value is -2.16. The lowest BCUT2D eigenvalue weighted by Gasteiger charge is -2.10. The molecule has 0 unspecified atom stereocenters. The van der Waals surface area contributed by atoms with Gasteiger partial charge in [-0.1, -0.05) is 6.07 Å². The highest BCUT2D eigenvalue weighted by Crippen LogP contribution is 2.29. The standard InChI is InChI=1S/C18H16F2INO3/c1-11-9-13(21)5-6-14(11)22-17(23)8-4-12-3-7-15(25-18(19)20)16(10-12)24-2/h3-10,18H,1-2H3,(H,22,23)/b8-4+. The summed E-state index contributed by atoms with van der Waals surface area (Å²) in [5.41, 5.74) is 2.31. The monoisotopic (exact) mass is 459 g/mol. The van der Waals surface area contributed by atoms with E-state index in [4.69, 9.17) is 4.74 Å². The second-order valence-corrected chi connectivity index (χ2v) is 6.32. The second-order valence-electron chi connectivity index (χ2n) is 5.07. The first-order valence-corrected chi connectivity index (χ1v) is 8.35. The van der Waals surface area contributed by atoms with Crippen LogP contribution in [0, 0.1) is 10.5 Å². The predicted octanol–water partition coefficient (Wildman–Crippen LogP) is 4.86. The Morgan fingerprint density at radius 1 is 1.20 bits per heavy atom. The van der Waals surface area contributed by atoms with Crippen molar-refractivity contribution in [3.05, 3.63) is 57.2 Å². The van der Waals surface area contributed by atoms with Gasteiger partial charge in [0, 0.05) is 15.3 Å². The summed E-state index contributed by atoms with van der Waals surface area (Å²) in [4.78, 5) is 12.0. The zero-order chi connectivity index (χ0) is 18.4. The van der Waals surface area contributed by atoms with Gasteiger partial charge in [0.2, 0.25) is 5.91 Å². The van der Waals surface area contributed by atoms with Gasteiger partial charge >= 0.3 is 6.61 Å². The van der Waals surface area contributed by atoms with E-state index in [9.17, 15) is 13.6 Å². The third-order valence-electron chi connectivity index (χ3n) is 3.28. The summed E-state index contributed by atoms with van der Waals surface area (Å²) >= 11 is 2.20. The fraction of sp³-hybridized carbons (Fsp3) is 0.167. The molecular formula is C18H16F2INO3. The highest BCUT2D eigenvalue weighted by Gasteiger charge is 2.10. The van der Waals surface area contributed by atoms with Crippen molar-refractivity contribution in [2.45, 2.75) is 13.5 Å². The third kappa shape index (κ3) is 5.70. The summed E-state index contributed by atoms with van der Waals surface area (Å²) in [6.07, 6.45) is 2.92. The van der Waals surface area contributed by atoms with Crippen molar-refractivity contribution in [3.63, 3.8) is 0 Å². The van der Waals surface area contributed by atoms with Gasteiger partial charge in [-0.2, -0.15) is 8.78 Å². The number of hydrogen-bond donors (Lipinski definition) is 1. The summed E-state index contributed by atoms with van der Waals surface area (Å²) in [5, 5.41) is 2.79. The zero-order valence-electron chi connectivity index (χ0n) is 13.6. The maximum atomic E-state index is 12.3. The van der Waals surface area contributed by atoms with Gasteiger partial charge in [0.05, 0.1) is 7.11 Å². The molecule has 2 aromatic carbocycles. The molecule has 0 radical (unpaired) electrons.